The molecule has 0 atom stereocenters. The number of imidazole rings is 1. The molecule has 0 saturated carbocycles. The number of hydrogen-bond acceptors (Lipinski definition) is 5. The Kier molecular flexibility index (Phi) is 5.93. The highest BCUT2D eigenvalue weighted by Crippen LogP contribution is 2.25. The molecule has 2 aromatic heterocycles. The molecule has 0 aliphatic carbocycles. The first-order chi connectivity index (χ1) is 15.2. The molecule has 8 heteroatoms. The Balaban J connectivity index is 1.11. The largest absolute Gasteiger partial charge is 0.339 e. The molecule has 164 valence electrons. The number of likely N-dealkylation sites (tertiary alicyclic amines) is 1. The molecule has 5 rings (SSSR count). The minimum atomic E-state index is -0.0313. The number of rotatable bonds is 5. The summed E-state index contributed by atoms with van der Waals surface area (Å²) in [6, 6.07) is 12.3. The van der Waals surface area contributed by atoms with Crippen molar-refractivity contribution in [3.8, 4) is 0 Å². The van der Waals surface area contributed by atoms with E-state index in [1.807, 2.05) is 33.7 Å². The van der Waals surface area contributed by atoms with E-state index < -0.39 is 0 Å². The van der Waals surface area contributed by atoms with Crippen LogP contribution in [0.4, 0.5) is 0 Å². The van der Waals surface area contributed by atoms with Crippen LogP contribution in [0.5, 0.6) is 0 Å². The molecule has 1 N–H and O–H groups in total. The number of nitrogens with zero attached hydrogens (tertiary/aromatic N) is 4. The van der Waals surface area contributed by atoms with E-state index in [4.69, 9.17) is 0 Å². The maximum Gasteiger partial charge on any atom is 0.326 e. The molecule has 3 aromatic rings. The van der Waals surface area contributed by atoms with Gasteiger partial charge >= 0.3 is 5.69 Å². The van der Waals surface area contributed by atoms with E-state index in [2.05, 4.69) is 32.3 Å². The maximum atomic E-state index is 12.8. The van der Waals surface area contributed by atoms with Crippen molar-refractivity contribution in [3.63, 3.8) is 0 Å². The number of benzene rings is 1. The number of nitrogens with one attached hydrogen (secondary N) is 1. The van der Waals surface area contributed by atoms with Gasteiger partial charge in [-0.1, -0.05) is 18.2 Å². The van der Waals surface area contributed by atoms with Gasteiger partial charge in [-0.25, -0.2) is 4.79 Å². The summed E-state index contributed by atoms with van der Waals surface area (Å²) < 4.78 is 1.90. The Morgan fingerprint density at radius 3 is 2.48 bits per heavy atom. The molecule has 7 nitrogen and oxygen atoms in total. The second-order valence-corrected chi connectivity index (χ2v) is 9.59. The Bertz CT molecular complexity index is 1070. The van der Waals surface area contributed by atoms with E-state index in [0.717, 1.165) is 69.7 Å². The van der Waals surface area contributed by atoms with Crippen molar-refractivity contribution in [3.05, 3.63) is 57.1 Å². The minimum absolute atomic E-state index is 0.0313. The summed E-state index contributed by atoms with van der Waals surface area (Å²) in [6.07, 6.45) is 1.78. The highest BCUT2D eigenvalue weighted by molar-refractivity contribution is 7.09. The number of carbonyl (C=O) groups is 1. The van der Waals surface area contributed by atoms with Crippen LogP contribution in [0.3, 0.4) is 0 Å². The van der Waals surface area contributed by atoms with E-state index in [9.17, 15) is 9.59 Å². The van der Waals surface area contributed by atoms with Gasteiger partial charge < -0.3 is 9.88 Å². The van der Waals surface area contributed by atoms with Gasteiger partial charge in [-0.05, 0) is 36.4 Å². The van der Waals surface area contributed by atoms with Crippen molar-refractivity contribution in [2.75, 3.05) is 45.8 Å². The summed E-state index contributed by atoms with van der Waals surface area (Å²) in [6.45, 7) is 6.67. The average molecular weight is 440 g/mol. The van der Waals surface area contributed by atoms with Crippen molar-refractivity contribution in [1.29, 1.82) is 0 Å². The van der Waals surface area contributed by atoms with E-state index in [1.54, 1.807) is 11.3 Å². The monoisotopic (exact) mass is 439 g/mol. The fraction of sp³-hybridized carbons (Fsp3) is 0.478. The van der Waals surface area contributed by atoms with Gasteiger partial charge in [0.1, 0.15) is 0 Å². The Morgan fingerprint density at radius 2 is 1.74 bits per heavy atom. The van der Waals surface area contributed by atoms with Gasteiger partial charge in [0, 0.05) is 56.7 Å². The number of hydrogen-bond donors (Lipinski definition) is 1. The molecule has 2 saturated heterocycles. The molecule has 0 spiro atoms. The Hall–Kier alpha value is -2.42. The summed E-state index contributed by atoms with van der Waals surface area (Å²) >= 11 is 1.80. The molecule has 0 unspecified atom stereocenters. The molecule has 2 fully saturated rings. The first kappa shape index (κ1) is 20.5. The highest BCUT2D eigenvalue weighted by Gasteiger charge is 2.27. The number of piperazine rings is 1. The van der Waals surface area contributed by atoms with Crippen LogP contribution in [0.1, 0.15) is 23.8 Å². The zero-order chi connectivity index (χ0) is 21.2. The van der Waals surface area contributed by atoms with Crippen LogP contribution in [-0.2, 0) is 11.3 Å². The van der Waals surface area contributed by atoms with Crippen LogP contribution in [0.15, 0.2) is 46.6 Å². The highest BCUT2D eigenvalue weighted by atomic mass is 32.1. The predicted molar refractivity (Wildman–Crippen MR) is 123 cm³/mol. The molecule has 2 aliphatic heterocycles. The molecule has 1 aromatic carbocycles. The molecule has 4 heterocycles. The summed E-state index contributed by atoms with van der Waals surface area (Å²) in [4.78, 5) is 36.3. The van der Waals surface area contributed by atoms with Crippen molar-refractivity contribution >= 4 is 28.3 Å². The van der Waals surface area contributed by atoms with Crippen molar-refractivity contribution in [1.82, 2.24) is 24.3 Å². The van der Waals surface area contributed by atoms with Crippen molar-refractivity contribution in [2.45, 2.75) is 25.4 Å². The Morgan fingerprint density at radius 1 is 0.968 bits per heavy atom. The quantitative estimate of drug-likeness (QED) is 0.663. The maximum absolute atomic E-state index is 12.8. The topological polar surface area (TPSA) is 64.6 Å². The van der Waals surface area contributed by atoms with Crippen molar-refractivity contribution < 1.29 is 4.79 Å². The average Bonchev–Trinajstić information content (AvgIpc) is 3.41. The first-order valence-corrected chi connectivity index (χ1v) is 12.0. The van der Waals surface area contributed by atoms with Crippen LogP contribution in [0.25, 0.3) is 11.0 Å². The van der Waals surface area contributed by atoms with Crippen LogP contribution in [-0.4, -0.2) is 76.0 Å². The van der Waals surface area contributed by atoms with E-state index >= 15 is 0 Å². The lowest BCUT2D eigenvalue weighted by atomic mass is 10.0. The third kappa shape index (κ3) is 4.46. The normalized spacial score (nSPS) is 19.3. The van der Waals surface area contributed by atoms with Gasteiger partial charge in [0.2, 0.25) is 5.91 Å². The van der Waals surface area contributed by atoms with Gasteiger partial charge in [0.25, 0.3) is 0 Å². The minimum Gasteiger partial charge on any atom is -0.339 e. The van der Waals surface area contributed by atoms with Gasteiger partial charge in [-0.3, -0.25) is 19.2 Å². The van der Waals surface area contributed by atoms with Crippen LogP contribution < -0.4 is 5.69 Å². The van der Waals surface area contributed by atoms with Gasteiger partial charge in [0.15, 0.2) is 0 Å². The predicted octanol–water partition coefficient (Wildman–Crippen LogP) is 2.37. The third-order valence-corrected chi connectivity index (χ3v) is 7.45. The van der Waals surface area contributed by atoms with E-state index in [-0.39, 0.29) is 17.6 Å². The summed E-state index contributed by atoms with van der Waals surface area (Å²) in [5.74, 6) is 0.235. The standard InChI is InChI=1S/C23H29N5O2S/c29-22(27-13-11-26(12-14-27)16-19-4-3-15-31-19)17-25-9-7-18(8-10-25)28-21-6-2-1-5-20(21)24-23(28)30/h1-6,15,18H,7-14,16-17H2,(H,24,30). The molecule has 2 aliphatic rings. The summed E-state index contributed by atoms with van der Waals surface area (Å²) in [5, 5.41) is 2.12. The number of amides is 1. The summed E-state index contributed by atoms with van der Waals surface area (Å²) in [7, 11) is 0. The van der Waals surface area contributed by atoms with Gasteiger partial charge in [-0.15, -0.1) is 11.3 Å². The van der Waals surface area contributed by atoms with E-state index in [1.165, 1.54) is 4.88 Å². The molecule has 0 bridgehead atoms. The lowest BCUT2D eigenvalue weighted by Gasteiger charge is -2.37. The zero-order valence-electron chi connectivity index (χ0n) is 17.7. The number of aromatic amines is 1. The number of piperidine rings is 1. The summed E-state index contributed by atoms with van der Waals surface area (Å²) in [5.41, 5.74) is 1.84. The molecular weight excluding hydrogens is 410 g/mol. The molecule has 0 radical (unpaired) electrons. The number of H-pyrrole nitrogens is 1. The number of carbonyl (C=O) groups excluding carboxylic acids is 1. The zero-order valence-corrected chi connectivity index (χ0v) is 18.5. The van der Waals surface area contributed by atoms with Crippen LogP contribution in [0, 0.1) is 0 Å². The van der Waals surface area contributed by atoms with Gasteiger partial charge in [-0.2, -0.15) is 0 Å². The number of para-hydroxylation sites is 2. The second-order valence-electron chi connectivity index (χ2n) is 8.56. The lowest BCUT2D eigenvalue weighted by molar-refractivity contribution is -0.134. The lowest BCUT2D eigenvalue weighted by Crippen LogP contribution is -2.51. The molecule has 31 heavy (non-hydrogen) atoms. The smallest absolute Gasteiger partial charge is 0.326 e. The fourth-order valence-electron chi connectivity index (χ4n) is 4.84. The van der Waals surface area contributed by atoms with Gasteiger partial charge in [0.05, 0.1) is 17.6 Å². The second kappa shape index (κ2) is 8.98. The number of aromatic nitrogens is 2. The first-order valence-electron chi connectivity index (χ1n) is 11.1. The SMILES string of the molecule is O=C(CN1CCC(n2c(=O)[nH]c3ccccc32)CC1)N1CCN(Cc2cccs2)CC1. The molecular formula is C23H29N5O2S. The van der Waals surface area contributed by atoms with Crippen molar-refractivity contribution in [2.24, 2.45) is 0 Å². The number of fused-ring (bicyclic) bond motifs is 1. The van der Waals surface area contributed by atoms with E-state index in [0.29, 0.717) is 6.54 Å². The third-order valence-electron chi connectivity index (χ3n) is 6.59. The van der Waals surface area contributed by atoms with Crippen LogP contribution >= 0.6 is 11.3 Å². The number of thiophene rings is 1. The molecule has 1 amide bonds. The fourth-order valence-corrected chi connectivity index (χ4v) is 5.59. The van der Waals surface area contributed by atoms with Crippen LogP contribution in [0.2, 0.25) is 0 Å². The Labute approximate surface area is 185 Å².